The zero-order valence-corrected chi connectivity index (χ0v) is 15.1. The summed E-state index contributed by atoms with van der Waals surface area (Å²) in [6.45, 7) is 15.8. The molecule has 6 nitrogen and oxygen atoms in total. The van der Waals surface area contributed by atoms with Crippen LogP contribution in [0.5, 0.6) is 0 Å². The van der Waals surface area contributed by atoms with Crippen LogP contribution in [0.25, 0.3) is 0 Å². The van der Waals surface area contributed by atoms with Gasteiger partial charge in [0, 0.05) is 51.4 Å². The van der Waals surface area contributed by atoms with Crippen LogP contribution >= 0.6 is 0 Å². The predicted molar refractivity (Wildman–Crippen MR) is 90.2 cm³/mol. The van der Waals surface area contributed by atoms with E-state index in [1.807, 2.05) is 20.8 Å². The number of amides is 1. The molecule has 22 heavy (non-hydrogen) atoms. The molecule has 2 rings (SSSR count). The summed E-state index contributed by atoms with van der Waals surface area (Å²) in [5, 5.41) is 6.65. The van der Waals surface area contributed by atoms with Crippen LogP contribution in [0.1, 0.15) is 34.6 Å². The number of carbonyl (C=O) groups is 1. The van der Waals surface area contributed by atoms with Crippen molar-refractivity contribution in [3.8, 4) is 0 Å². The number of hydrogen-bond donors (Lipinski definition) is 2. The lowest BCUT2D eigenvalue weighted by Crippen LogP contribution is -2.52. The van der Waals surface area contributed by atoms with Crippen LogP contribution in [0.4, 0.5) is 4.79 Å². The number of carbonyl (C=O) groups excluding carboxylic acids is 1. The first-order valence-electron chi connectivity index (χ1n) is 8.30. The standard InChI is InChI=1S/C10H20N2O2.C6H14N2/c1-8-7-12(6-5-11-8)9(13)14-10(2,3)4;1-6-5-8(2)4-3-7-6/h8,11H,5-7H2,1-4H3;6-7H,3-5H2,1-2H3/t8-;6-/m11/s1. The van der Waals surface area contributed by atoms with E-state index in [1.54, 1.807) is 4.90 Å². The Bertz CT molecular complexity index is 336. The van der Waals surface area contributed by atoms with E-state index in [0.717, 1.165) is 26.2 Å². The Labute approximate surface area is 135 Å². The molecule has 0 aromatic rings. The van der Waals surface area contributed by atoms with Crippen molar-refractivity contribution in [1.29, 1.82) is 0 Å². The molecule has 130 valence electrons. The lowest BCUT2D eigenvalue weighted by atomic mass is 10.2. The SMILES string of the molecule is C[C@@H]1CN(C(=O)OC(C)(C)C)CCN1.C[C@@H]1CN(C)CCN1. The third-order valence-electron chi connectivity index (χ3n) is 3.59. The normalized spacial score (nSPS) is 26.9. The highest BCUT2D eigenvalue weighted by molar-refractivity contribution is 5.68. The molecule has 2 saturated heterocycles. The monoisotopic (exact) mass is 314 g/mol. The molecular formula is C16H34N4O2. The van der Waals surface area contributed by atoms with E-state index in [9.17, 15) is 4.79 Å². The molecule has 2 aliphatic rings. The van der Waals surface area contributed by atoms with Gasteiger partial charge in [0.05, 0.1) is 0 Å². The Balaban J connectivity index is 0.000000255. The number of rotatable bonds is 0. The molecule has 2 N–H and O–H groups in total. The van der Waals surface area contributed by atoms with Crippen molar-refractivity contribution < 1.29 is 9.53 Å². The Morgan fingerprint density at radius 1 is 1.05 bits per heavy atom. The topological polar surface area (TPSA) is 56.8 Å². The molecule has 0 radical (unpaired) electrons. The summed E-state index contributed by atoms with van der Waals surface area (Å²) >= 11 is 0. The van der Waals surface area contributed by atoms with Crippen molar-refractivity contribution in [2.24, 2.45) is 0 Å². The molecule has 1 amide bonds. The van der Waals surface area contributed by atoms with E-state index < -0.39 is 5.60 Å². The molecular weight excluding hydrogens is 280 g/mol. The zero-order chi connectivity index (χ0) is 16.8. The molecule has 2 fully saturated rings. The number of nitrogens with one attached hydrogen (secondary N) is 2. The van der Waals surface area contributed by atoms with Crippen LogP contribution < -0.4 is 10.6 Å². The third-order valence-corrected chi connectivity index (χ3v) is 3.59. The van der Waals surface area contributed by atoms with Crippen LogP contribution in [-0.2, 0) is 4.74 Å². The fourth-order valence-electron chi connectivity index (χ4n) is 2.55. The lowest BCUT2D eigenvalue weighted by Gasteiger charge is -2.33. The Kier molecular flexibility index (Phi) is 7.59. The van der Waals surface area contributed by atoms with Gasteiger partial charge in [-0.2, -0.15) is 0 Å². The number of likely N-dealkylation sites (N-methyl/N-ethyl adjacent to an activating group) is 1. The van der Waals surface area contributed by atoms with Crippen molar-refractivity contribution in [1.82, 2.24) is 20.4 Å². The van der Waals surface area contributed by atoms with E-state index in [2.05, 4.69) is 36.4 Å². The summed E-state index contributed by atoms with van der Waals surface area (Å²) in [5.41, 5.74) is -0.398. The van der Waals surface area contributed by atoms with Crippen LogP contribution in [0.3, 0.4) is 0 Å². The van der Waals surface area contributed by atoms with Gasteiger partial charge in [-0.3, -0.25) is 0 Å². The maximum absolute atomic E-state index is 11.6. The van der Waals surface area contributed by atoms with E-state index in [4.69, 9.17) is 4.74 Å². The van der Waals surface area contributed by atoms with Crippen molar-refractivity contribution in [2.75, 3.05) is 46.3 Å². The van der Waals surface area contributed by atoms with Crippen molar-refractivity contribution in [3.63, 3.8) is 0 Å². The summed E-state index contributed by atoms with van der Waals surface area (Å²) in [7, 11) is 2.16. The van der Waals surface area contributed by atoms with Crippen LogP contribution in [0.2, 0.25) is 0 Å². The molecule has 2 atom stereocenters. The maximum atomic E-state index is 11.6. The van der Waals surface area contributed by atoms with Gasteiger partial charge in [-0.05, 0) is 41.7 Å². The molecule has 6 heteroatoms. The summed E-state index contributed by atoms with van der Waals surface area (Å²) in [4.78, 5) is 15.7. The second kappa shape index (κ2) is 8.70. The van der Waals surface area contributed by atoms with Gasteiger partial charge in [0.2, 0.25) is 0 Å². The molecule has 0 aromatic heterocycles. The van der Waals surface area contributed by atoms with Crippen LogP contribution in [0, 0.1) is 0 Å². The van der Waals surface area contributed by atoms with Gasteiger partial charge in [0.1, 0.15) is 5.60 Å². The minimum Gasteiger partial charge on any atom is -0.444 e. The van der Waals surface area contributed by atoms with E-state index in [1.165, 1.54) is 13.1 Å². The van der Waals surface area contributed by atoms with Crippen molar-refractivity contribution in [3.05, 3.63) is 0 Å². The molecule has 0 unspecified atom stereocenters. The van der Waals surface area contributed by atoms with Gasteiger partial charge in [-0.15, -0.1) is 0 Å². The molecule has 0 aliphatic carbocycles. The lowest BCUT2D eigenvalue weighted by molar-refractivity contribution is 0.0201. The minimum absolute atomic E-state index is 0.203. The summed E-state index contributed by atoms with van der Waals surface area (Å²) in [6.07, 6.45) is -0.203. The third kappa shape index (κ3) is 7.96. The molecule has 0 aromatic carbocycles. The first kappa shape index (κ1) is 19.2. The van der Waals surface area contributed by atoms with Gasteiger partial charge >= 0.3 is 6.09 Å². The van der Waals surface area contributed by atoms with Gasteiger partial charge in [0.25, 0.3) is 0 Å². The smallest absolute Gasteiger partial charge is 0.410 e. The molecule has 2 heterocycles. The number of ether oxygens (including phenoxy) is 1. The summed E-state index contributed by atoms with van der Waals surface area (Å²) < 4.78 is 5.28. The van der Waals surface area contributed by atoms with Crippen LogP contribution in [0.15, 0.2) is 0 Å². The molecule has 2 aliphatic heterocycles. The first-order chi connectivity index (χ1) is 10.2. The second-order valence-corrected chi connectivity index (χ2v) is 7.40. The Morgan fingerprint density at radius 3 is 2.00 bits per heavy atom. The first-order valence-corrected chi connectivity index (χ1v) is 8.30. The quantitative estimate of drug-likeness (QED) is 0.702. The van der Waals surface area contributed by atoms with Gasteiger partial charge in [-0.25, -0.2) is 4.79 Å². The average Bonchev–Trinajstić information content (AvgIpc) is 2.37. The molecule has 0 bridgehead atoms. The highest BCUT2D eigenvalue weighted by atomic mass is 16.6. The van der Waals surface area contributed by atoms with E-state index >= 15 is 0 Å². The molecule has 0 saturated carbocycles. The number of nitrogens with zero attached hydrogens (tertiary/aromatic N) is 2. The summed E-state index contributed by atoms with van der Waals surface area (Å²) in [5.74, 6) is 0. The average molecular weight is 314 g/mol. The zero-order valence-electron chi connectivity index (χ0n) is 15.1. The Morgan fingerprint density at radius 2 is 1.59 bits per heavy atom. The predicted octanol–water partition coefficient (Wildman–Crippen LogP) is 1.13. The van der Waals surface area contributed by atoms with Gasteiger partial charge in [0.15, 0.2) is 0 Å². The van der Waals surface area contributed by atoms with E-state index in [-0.39, 0.29) is 6.09 Å². The fourth-order valence-corrected chi connectivity index (χ4v) is 2.55. The number of piperazine rings is 2. The fraction of sp³-hybridized carbons (Fsp3) is 0.938. The maximum Gasteiger partial charge on any atom is 0.410 e. The largest absolute Gasteiger partial charge is 0.444 e. The van der Waals surface area contributed by atoms with E-state index in [0.29, 0.717) is 12.1 Å². The van der Waals surface area contributed by atoms with Gasteiger partial charge < -0.3 is 25.2 Å². The highest BCUT2D eigenvalue weighted by Crippen LogP contribution is 2.11. The molecule has 0 spiro atoms. The van der Waals surface area contributed by atoms with Crippen molar-refractivity contribution >= 4 is 6.09 Å². The Hall–Kier alpha value is -0.850. The van der Waals surface area contributed by atoms with Gasteiger partial charge in [-0.1, -0.05) is 0 Å². The minimum atomic E-state index is -0.398. The highest BCUT2D eigenvalue weighted by Gasteiger charge is 2.25. The van der Waals surface area contributed by atoms with Crippen LogP contribution in [-0.4, -0.2) is 79.9 Å². The van der Waals surface area contributed by atoms with Crippen molar-refractivity contribution in [2.45, 2.75) is 52.3 Å². The number of hydrogen-bond acceptors (Lipinski definition) is 5. The summed E-state index contributed by atoms with van der Waals surface area (Å²) in [6, 6.07) is 1.05. The second-order valence-electron chi connectivity index (χ2n) is 7.40.